The van der Waals surface area contributed by atoms with Gasteiger partial charge in [0.05, 0.1) is 12.3 Å². The number of pyridine rings is 1. The molecular weight excluding hydrogens is 232 g/mol. The Morgan fingerprint density at radius 1 is 1.50 bits per heavy atom. The second-order valence-corrected chi connectivity index (χ2v) is 4.52. The van der Waals surface area contributed by atoms with Crippen LogP contribution >= 0.6 is 0 Å². The maximum atomic E-state index is 11.1. The van der Waals surface area contributed by atoms with Crippen molar-refractivity contribution >= 4 is 11.6 Å². The van der Waals surface area contributed by atoms with Gasteiger partial charge >= 0.3 is 5.97 Å². The van der Waals surface area contributed by atoms with Crippen molar-refractivity contribution in [2.75, 3.05) is 13.2 Å². The topological polar surface area (TPSA) is 63.8 Å². The van der Waals surface area contributed by atoms with Gasteiger partial charge < -0.3 is 9.84 Å². The standard InChI is InChI=1S/C13H14N2O3/c16-13(17)11-4-1-5-12-14-10(7-15(11)12)9-3-2-6-18-8-9/h1,4-5,7,9H,2-3,6,8H2,(H,16,17). The van der Waals surface area contributed by atoms with E-state index in [0.717, 1.165) is 25.1 Å². The SMILES string of the molecule is O=C(O)c1cccc2nc(C3CCCOC3)cn12. The maximum absolute atomic E-state index is 11.1. The summed E-state index contributed by atoms with van der Waals surface area (Å²) < 4.78 is 7.08. The summed E-state index contributed by atoms with van der Waals surface area (Å²) in [5.74, 6) is -0.662. The highest BCUT2D eigenvalue weighted by Gasteiger charge is 2.20. The highest BCUT2D eigenvalue weighted by Crippen LogP contribution is 2.25. The molecule has 18 heavy (non-hydrogen) atoms. The molecule has 1 aliphatic rings. The fraction of sp³-hybridized carbons (Fsp3) is 0.385. The molecule has 0 aliphatic carbocycles. The summed E-state index contributed by atoms with van der Waals surface area (Å²) in [5, 5.41) is 9.13. The lowest BCUT2D eigenvalue weighted by molar-refractivity contribution is 0.0689. The third-order valence-corrected chi connectivity index (χ3v) is 3.31. The second-order valence-electron chi connectivity index (χ2n) is 4.52. The van der Waals surface area contributed by atoms with E-state index in [1.54, 1.807) is 16.5 Å². The molecule has 1 atom stereocenters. The van der Waals surface area contributed by atoms with Crippen molar-refractivity contribution in [1.29, 1.82) is 0 Å². The molecule has 1 unspecified atom stereocenters. The number of carboxylic acids is 1. The first kappa shape index (κ1) is 11.2. The molecule has 1 aliphatic heterocycles. The van der Waals surface area contributed by atoms with Crippen molar-refractivity contribution in [3.63, 3.8) is 0 Å². The number of ether oxygens (including phenoxy) is 1. The lowest BCUT2D eigenvalue weighted by Gasteiger charge is -2.19. The zero-order valence-corrected chi connectivity index (χ0v) is 9.87. The third-order valence-electron chi connectivity index (χ3n) is 3.31. The molecule has 94 valence electrons. The maximum Gasteiger partial charge on any atom is 0.352 e. The molecule has 0 saturated carbocycles. The third kappa shape index (κ3) is 1.86. The number of hydrogen-bond donors (Lipinski definition) is 1. The molecule has 3 heterocycles. The van der Waals surface area contributed by atoms with Crippen LogP contribution in [0.15, 0.2) is 24.4 Å². The average molecular weight is 246 g/mol. The Morgan fingerprint density at radius 3 is 3.11 bits per heavy atom. The number of carbonyl (C=O) groups is 1. The van der Waals surface area contributed by atoms with Crippen LogP contribution in [0.25, 0.3) is 5.65 Å². The molecule has 3 rings (SSSR count). The first-order valence-electron chi connectivity index (χ1n) is 6.05. The van der Waals surface area contributed by atoms with Gasteiger partial charge in [0, 0.05) is 18.7 Å². The molecule has 5 nitrogen and oxygen atoms in total. The molecule has 0 aromatic carbocycles. The van der Waals surface area contributed by atoms with Gasteiger partial charge in [-0.15, -0.1) is 0 Å². The number of aromatic nitrogens is 2. The van der Waals surface area contributed by atoms with Crippen LogP contribution < -0.4 is 0 Å². The number of hydrogen-bond acceptors (Lipinski definition) is 3. The molecule has 1 fully saturated rings. The number of imidazole rings is 1. The first-order chi connectivity index (χ1) is 8.75. The van der Waals surface area contributed by atoms with Crippen LogP contribution in [0.5, 0.6) is 0 Å². The summed E-state index contributed by atoms with van der Waals surface area (Å²) in [6, 6.07) is 5.12. The molecule has 0 radical (unpaired) electrons. The van der Waals surface area contributed by atoms with Crippen LogP contribution in [0.3, 0.4) is 0 Å². The Balaban J connectivity index is 2.04. The minimum absolute atomic E-state index is 0.239. The lowest BCUT2D eigenvalue weighted by Crippen LogP contribution is -2.15. The largest absolute Gasteiger partial charge is 0.477 e. The zero-order valence-electron chi connectivity index (χ0n) is 9.87. The van der Waals surface area contributed by atoms with Gasteiger partial charge in [0.15, 0.2) is 0 Å². The van der Waals surface area contributed by atoms with Crippen LogP contribution in [0.4, 0.5) is 0 Å². The van der Waals surface area contributed by atoms with E-state index in [9.17, 15) is 4.79 Å². The molecular formula is C13H14N2O3. The fourth-order valence-electron chi connectivity index (χ4n) is 2.37. The smallest absolute Gasteiger partial charge is 0.352 e. The average Bonchev–Trinajstić information content (AvgIpc) is 2.83. The molecule has 2 aromatic heterocycles. The summed E-state index contributed by atoms with van der Waals surface area (Å²) >= 11 is 0. The van der Waals surface area contributed by atoms with Crippen molar-refractivity contribution in [3.8, 4) is 0 Å². The number of aromatic carboxylic acids is 1. The van der Waals surface area contributed by atoms with E-state index in [4.69, 9.17) is 9.84 Å². The van der Waals surface area contributed by atoms with Gasteiger partial charge in [-0.3, -0.25) is 4.40 Å². The Bertz CT molecular complexity index is 585. The summed E-state index contributed by atoms with van der Waals surface area (Å²) in [5.41, 5.74) is 1.84. The van der Waals surface area contributed by atoms with Crippen molar-refractivity contribution in [2.24, 2.45) is 0 Å². The molecule has 0 spiro atoms. The highest BCUT2D eigenvalue weighted by molar-refractivity contribution is 5.86. The van der Waals surface area contributed by atoms with Crippen molar-refractivity contribution in [1.82, 2.24) is 9.38 Å². The Kier molecular flexibility index (Phi) is 2.76. The quantitative estimate of drug-likeness (QED) is 0.879. The van der Waals surface area contributed by atoms with E-state index in [2.05, 4.69) is 4.98 Å². The van der Waals surface area contributed by atoms with Gasteiger partial charge in [-0.2, -0.15) is 0 Å². The monoisotopic (exact) mass is 246 g/mol. The molecule has 0 bridgehead atoms. The number of carboxylic acid groups (broad SMARTS) is 1. The predicted octanol–water partition coefficient (Wildman–Crippen LogP) is 1.93. The van der Waals surface area contributed by atoms with Crippen LogP contribution in [0.1, 0.15) is 34.9 Å². The van der Waals surface area contributed by atoms with Gasteiger partial charge in [0.2, 0.25) is 0 Å². The number of rotatable bonds is 2. The fourth-order valence-corrected chi connectivity index (χ4v) is 2.37. The molecule has 1 saturated heterocycles. The van der Waals surface area contributed by atoms with E-state index in [1.807, 2.05) is 12.3 Å². The number of nitrogens with zero attached hydrogens (tertiary/aromatic N) is 2. The van der Waals surface area contributed by atoms with E-state index in [0.29, 0.717) is 12.3 Å². The summed E-state index contributed by atoms with van der Waals surface area (Å²) in [4.78, 5) is 15.6. The van der Waals surface area contributed by atoms with Crippen molar-refractivity contribution in [2.45, 2.75) is 18.8 Å². The van der Waals surface area contributed by atoms with Gasteiger partial charge in [-0.05, 0) is 25.0 Å². The van der Waals surface area contributed by atoms with Gasteiger partial charge in [0.1, 0.15) is 11.3 Å². The van der Waals surface area contributed by atoms with Crippen molar-refractivity contribution in [3.05, 3.63) is 35.8 Å². The van der Waals surface area contributed by atoms with Crippen molar-refractivity contribution < 1.29 is 14.6 Å². The number of fused-ring (bicyclic) bond motifs is 1. The Labute approximate surface area is 104 Å². The van der Waals surface area contributed by atoms with E-state index < -0.39 is 5.97 Å². The molecule has 1 N–H and O–H groups in total. The summed E-state index contributed by atoms with van der Waals surface area (Å²) in [7, 11) is 0. The van der Waals surface area contributed by atoms with Crippen LogP contribution in [0, 0.1) is 0 Å². The molecule has 5 heteroatoms. The minimum atomic E-state index is -0.940. The lowest BCUT2D eigenvalue weighted by atomic mass is 9.99. The van der Waals surface area contributed by atoms with Crippen LogP contribution in [-0.2, 0) is 4.74 Å². The minimum Gasteiger partial charge on any atom is -0.477 e. The van der Waals surface area contributed by atoms with E-state index in [1.165, 1.54) is 0 Å². The van der Waals surface area contributed by atoms with Crippen LogP contribution in [0.2, 0.25) is 0 Å². The first-order valence-corrected chi connectivity index (χ1v) is 6.05. The van der Waals surface area contributed by atoms with Gasteiger partial charge in [0.25, 0.3) is 0 Å². The highest BCUT2D eigenvalue weighted by atomic mass is 16.5. The second kappa shape index (κ2) is 4.42. The predicted molar refractivity (Wildman–Crippen MR) is 64.9 cm³/mol. The molecule has 2 aromatic rings. The van der Waals surface area contributed by atoms with E-state index >= 15 is 0 Å². The van der Waals surface area contributed by atoms with Gasteiger partial charge in [-0.25, -0.2) is 9.78 Å². The Morgan fingerprint density at radius 2 is 2.39 bits per heavy atom. The normalized spacial score (nSPS) is 20.1. The van der Waals surface area contributed by atoms with E-state index in [-0.39, 0.29) is 11.6 Å². The molecule has 0 amide bonds. The zero-order chi connectivity index (χ0) is 12.5. The van der Waals surface area contributed by atoms with Crippen LogP contribution in [-0.4, -0.2) is 33.7 Å². The Hall–Kier alpha value is -1.88. The summed E-state index contributed by atoms with van der Waals surface area (Å²) in [6.45, 7) is 1.48. The summed E-state index contributed by atoms with van der Waals surface area (Å²) in [6.07, 6.45) is 3.90. The van der Waals surface area contributed by atoms with Gasteiger partial charge in [-0.1, -0.05) is 6.07 Å².